The van der Waals surface area contributed by atoms with Crippen molar-refractivity contribution < 1.29 is 28.6 Å². The number of hydrogen-bond donors (Lipinski definition) is 0. The second-order valence-corrected chi connectivity index (χ2v) is 3.68. The predicted molar refractivity (Wildman–Crippen MR) is 58.0 cm³/mol. The maximum absolute atomic E-state index is 11.5. The minimum atomic E-state index is -1.27. The van der Waals surface area contributed by atoms with Gasteiger partial charge in [0, 0.05) is 13.0 Å². The number of rotatable bonds is 4. The molecule has 0 atom stereocenters. The van der Waals surface area contributed by atoms with Gasteiger partial charge in [-0.1, -0.05) is 0 Å². The molecule has 0 aromatic rings. The molecule has 17 heavy (non-hydrogen) atoms. The molecule has 0 saturated carbocycles. The Kier molecular flexibility index (Phi) is 5.37. The third kappa shape index (κ3) is 4.67. The summed E-state index contributed by atoms with van der Waals surface area (Å²) in [5.41, 5.74) is -1.37. The number of carbonyl (C=O) groups excluding carboxylic acids is 3. The molecule has 0 aromatic carbocycles. The maximum Gasteiger partial charge on any atom is 0.338 e. The van der Waals surface area contributed by atoms with Crippen LogP contribution < -0.4 is 0 Å². The SMILES string of the molecule is COC(=O)/C=C(\C(=O)OC)C(C)(C)OC(C)=O. The Morgan fingerprint density at radius 1 is 1.06 bits per heavy atom. The summed E-state index contributed by atoms with van der Waals surface area (Å²) >= 11 is 0. The van der Waals surface area contributed by atoms with Crippen molar-refractivity contribution in [3.8, 4) is 0 Å². The molecule has 0 spiro atoms. The van der Waals surface area contributed by atoms with E-state index in [1.807, 2.05) is 0 Å². The van der Waals surface area contributed by atoms with E-state index in [0.29, 0.717) is 0 Å². The van der Waals surface area contributed by atoms with Crippen LogP contribution in [-0.4, -0.2) is 37.7 Å². The molecule has 0 aliphatic carbocycles. The van der Waals surface area contributed by atoms with E-state index >= 15 is 0 Å². The van der Waals surface area contributed by atoms with Gasteiger partial charge >= 0.3 is 17.9 Å². The smallest absolute Gasteiger partial charge is 0.338 e. The van der Waals surface area contributed by atoms with Gasteiger partial charge in [0.15, 0.2) is 0 Å². The highest BCUT2D eigenvalue weighted by molar-refractivity contribution is 5.98. The average molecular weight is 244 g/mol. The molecule has 0 aliphatic heterocycles. The molecule has 0 amide bonds. The first kappa shape index (κ1) is 15.2. The van der Waals surface area contributed by atoms with Crippen LogP contribution in [0.5, 0.6) is 0 Å². The highest BCUT2D eigenvalue weighted by Crippen LogP contribution is 2.22. The number of carbonyl (C=O) groups is 3. The number of ether oxygens (including phenoxy) is 3. The van der Waals surface area contributed by atoms with Crippen molar-refractivity contribution in [1.29, 1.82) is 0 Å². The van der Waals surface area contributed by atoms with Crippen molar-refractivity contribution in [2.45, 2.75) is 26.4 Å². The predicted octanol–water partition coefficient (Wildman–Crippen LogP) is 0.600. The molecule has 0 bridgehead atoms. The average Bonchev–Trinajstić information content (AvgIpc) is 2.22. The van der Waals surface area contributed by atoms with E-state index in [2.05, 4.69) is 9.47 Å². The standard InChI is InChI=1S/C11H16O6/c1-7(12)17-11(2,3)8(10(14)16-5)6-9(13)15-4/h6H,1-5H3/b8-6+. The van der Waals surface area contributed by atoms with Crippen LogP contribution in [0.1, 0.15) is 20.8 Å². The van der Waals surface area contributed by atoms with Gasteiger partial charge in [0.1, 0.15) is 5.60 Å². The summed E-state index contributed by atoms with van der Waals surface area (Å²) in [7, 11) is 2.34. The Morgan fingerprint density at radius 2 is 1.59 bits per heavy atom. The quantitative estimate of drug-likeness (QED) is 0.409. The second-order valence-electron chi connectivity index (χ2n) is 3.68. The van der Waals surface area contributed by atoms with E-state index < -0.39 is 23.5 Å². The van der Waals surface area contributed by atoms with Crippen molar-refractivity contribution in [3.05, 3.63) is 11.6 Å². The van der Waals surface area contributed by atoms with E-state index in [9.17, 15) is 14.4 Å². The van der Waals surface area contributed by atoms with Crippen LogP contribution in [0.15, 0.2) is 11.6 Å². The van der Waals surface area contributed by atoms with Crippen LogP contribution in [-0.2, 0) is 28.6 Å². The Bertz CT molecular complexity index is 353. The second kappa shape index (κ2) is 6.03. The van der Waals surface area contributed by atoms with Gasteiger partial charge in [-0.15, -0.1) is 0 Å². The van der Waals surface area contributed by atoms with Crippen LogP contribution in [0.3, 0.4) is 0 Å². The molecule has 0 aliphatic rings. The first-order chi connectivity index (χ1) is 7.74. The van der Waals surface area contributed by atoms with Crippen molar-refractivity contribution in [3.63, 3.8) is 0 Å². The van der Waals surface area contributed by atoms with Gasteiger partial charge in [-0.05, 0) is 13.8 Å². The van der Waals surface area contributed by atoms with E-state index in [1.54, 1.807) is 0 Å². The number of methoxy groups -OCH3 is 2. The summed E-state index contributed by atoms with van der Waals surface area (Å²) < 4.78 is 13.9. The summed E-state index contributed by atoms with van der Waals surface area (Å²) in [5, 5.41) is 0. The van der Waals surface area contributed by atoms with Gasteiger partial charge in [0.2, 0.25) is 0 Å². The Morgan fingerprint density at radius 3 is 1.94 bits per heavy atom. The fourth-order valence-corrected chi connectivity index (χ4v) is 1.18. The Balaban J connectivity index is 5.31. The molecule has 96 valence electrons. The van der Waals surface area contributed by atoms with Crippen molar-refractivity contribution in [2.24, 2.45) is 0 Å². The first-order valence-electron chi connectivity index (χ1n) is 4.82. The molecule has 0 unspecified atom stereocenters. The third-order valence-electron chi connectivity index (χ3n) is 1.92. The number of hydrogen-bond acceptors (Lipinski definition) is 6. The normalized spacial score (nSPS) is 11.7. The third-order valence-corrected chi connectivity index (χ3v) is 1.92. The lowest BCUT2D eigenvalue weighted by Crippen LogP contribution is -2.34. The first-order valence-corrected chi connectivity index (χ1v) is 4.82. The fraction of sp³-hybridized carbons (Fsp3) is 0.545. The lowest BCUT2D eigenvalue weighted by molar-refractivity contribution is -0.153. The van der Waals surface area contributed by atoms with E-state index in [1.165, 1.54) is 27.9 Å². The molecule has 0 fully saturated rings. The van der Waals surface area contributed by atoms with Crippen LogP contribution in [0.25, 0.3) is 0 Å². The van der Waals surface area contributed by atoms with E-state index in [0.717, 1.165) is 13.2 Å². The van der Waals surface area contributed by atoms with Crippen molar-refractivity contribution in [2.75, 3.05) is 14.2 Å². The molecule has 0 rings (SSSR count). The van der Waals surface area contributed by atoms with Crippen LogP contribution in [0.2, 0.25) is 0 Å². The molecule has 0 N–H and O–H groups in total. The zero-order valence-corrected chi connectivity index (χ0v) is 10.5. The molecule has 0 saturated heterocycles. The number of esters is 3. The summed E-state index contributed by atoms with van der Waals surface area (Å²) in [6, 6.07) is 0. The van der Waals surface area contributed by atoms with Crippen LogP contribution in [0.4, 0.5) is 0 Å². The van der Waals surface area contributed by atoms with Crippen LogP contribution in [0, 0.1) is 0 Å². The molecule has 0 radical (unpaired) electrons. The molecular weight excluding hydrogens is 228 g/mol. The summed E-state index contributed by atoms with van der Waals surface area (Å²) in [6.45, 7) is 4.15. The van der Waals surface area contributed by atoms with Crippen molar-refractivity contribution in [1.82, 2.24) is 0 Å². The fourth-order valence-electron chi connectivity index (χ4n) is 1.18. The Hall–Kier alpha value is -1.85. The summed E-state index contributed by atoms with van der Waals surface area (Å²) in [4.78, 5) is 33.5. The lowest BCUT2D eigenvalue weighted by Gasteiger charge is -2.25. The van der Waals surface area contributed by atoms with Gasteiger partial charge in [-0.3, -0.25) is 4.79 Å². The van der Waals surface area contributed by atoms with E-state index in [4.69, 9.17) is 4.74 Å². The highest BCUT2D eigenvalue weighted by Gasteiger charge is 2.33. The largest absolute Gasteiger partial charge is 0.466 e. The minimum Gasteiger partial charge on any atom is -0.466 e. The van der Waals surface area contributed by atoms with Gasteiger partial charge in [0.05, 0.1) is 19.8 Å². The Labute approximate surface area is 99.5 Å². The summed E-state index contributed by atoms with van der Waals surface area (Å²) in [5.74, 6) is -2.07. The lowest BCUT2D eigenvalue weighted by atomic mass is 9.97. The zero-order chi connectivity index (χ0) is 13.6. The zero-order valence-electron chi connectivity index (χ0n) is 10.5. The van der Waals surface area contributed by atoms with Gasteiger partial charge in [0.25, 0.3) is 0 Å². The molecule has 6 nitrogen and oxygen atoms in total. The van der Waals surface area contributed by atoms with Crippen molar-refractivity contribution >= 4 is 17.9 Å². The molecule has 6 heteroatoms. The van der Waals surface area contributed by atoms with Gasteiger partial charge in [-0.25, -0.2) is 9.59 Å². The summed E-state index contributed by atoms with van der Waals surface area (Å²) in [6.07, 6.45) is 0.939. The van der Waals surface area contributed by atoms with Gasteiger partial charge < -0.3 is 14.2 Å². The topological polar surface area (TPSA) is 78.9 Å². The van der Waals surface area contributed by atoms with Crippen LogP contribution >= 0.6 is 0 Å². The highest BCUT2D eigenvalue weighted by atomic mass is 16.6. The minimum absolute atomic E-state index is 0.0953. The molecular formula is C11H16O6. The van der Waals surface area contributed by atoms with E-state index in [-0.39, 0.29) is 5.57 Å². The molecule has 0 heterocycles. The van der Waals surface area contributed by atoms with Gasteiger partial charge in [-0.2, -0.15) is 0 Å². The maximum atomic E-state index is 11.5. The monoisotopic (exact) mass is 244 g/mol. The molecule has 0 aromatic heterocycles.